The number of rotatable bonds is 8. The number of benzene rings is 2. The van der Waals surface area contributed by atoms with Crippen LogP contribution in [0.4, 0.5) is 18.9 Å². The number of nitrogens with one attached hydrogen (secondary N) is 3. The summed E-state index contributed by atoms with van der Waals surface area (Å²) in [5, 5.41) is 23.5. The lowest BCUT2D eigenvalue weighted by Crippen LogP contribution is -2.51. The Labute approximate surface area is 212 Å². The lowest BCUT2D eigenvalue weighted by Gasteiger charge is -2.29. The van der Waals surface area contributed by atoms with Crippen LogP contribution in [0.5, 0.6) is 0 Å². The number of alkyl halides is 3. The summed E-state index contributed by atoms with van der Waals surface area (Å²) in [6, 6.07) is 12.2. The van der Waals surface area contributed by atoms with E-state index in [-0.39, 0.29) is 36.7 Å². The summed E-state index contributed by atoms with van der Waals surface area (Å²) in [6.07, 6.45) is -4.30. The average molecular weight is 522 g/mol. The van der Waals surface area contributed by atoms with Gasteiger partial charge in [0, 0.05) is 17.7 Å². The minimum absolute atomic E-state index is 0.0533. The first-order valence-corrected chi connectivity index (χ1v) is 12.0. The van der Waals surface area contributed by atoms with E-state index in [1.54, 1.807) is 48.5 Å². The highest BCUT2D eigenvalue weighted by Crippen LogP contribution is 2.40. The summed E-state index contributed by atoms with van der Waals surface area (Å²) in [6.45, 7) is 1.30. The van der Waals surface area contributed by atoms with Crippen molar-refractivity contribution in [1.82, 2.24) is 10.8 Å². The monoisotopic (exact) mass is 521 g/mol. The van der Waals surface area contributed by atoms with Crippen molar-refractivity contribution in [3.05, 3.63) is 54.1 Å². The van der Waals surface area contributed by atoms with E-state index in [0.29, 0.717) is 18.5 Å². The molecule has 0 radical (unpaired) electrons. The summed E-state index contributed by atoms with van der Waals surface area (Å²) in [5.41, 5.74) is 3.82. The average Bonchev–Trinajstić information content (AvgIpc) is 2.86. The number of hydrogen-bond donors (Lipinski definition) is 5. The van der Waals surface area contributed by atoms with Gasteiger partial charge < -0.3 is 15.7 Å². The normalized spacial score (nSPS) is 19.4. The molecule has 3 rings (SSSR count). The van der Waals surface area contributed by atoms with E-state index in [1.807, 2.05) is 0 Å². The number of amides is 3. The number of hydroxylamine groups is 1. The molecule has 2 aromatic carbocycles. The highest BCUT2D eigenvalue weighted by atomic mass is 19.4. The van der Waals surface area contributed by atoms with Gasteiger partial charge in [-0.25, -0.2) is 5.48 Å². The second-order valence-corrected chi connectivity index (χ2v) is 9.33. The Bertz CT molecular complexity index is 1080. The summed E-state index contributed by atoms with van der Waals surface area (Å²) in [4.78, 5) is 36.4. The molecule has 0 saturated heterocycles. The van der Waals surface area contributed by atoms with Crippen molar-refractivity contribution in [2.24, 2.45) is 11.8 Å². The van der Waals surface area contributed by atoms with Crippen molar-refractivity contribution in [3.8, 4) is 11.1 Å². The Morgan fingerprint density at radius 2 is 1.49 bits per heavy atom. The van der Waals surface area contributed by atoms with E-state index in [1.165, 1.54) is 12.4 Å². The summed E-state index contributed by atoms with van der Waals surface area (Å²) < 4.78 is 38.4. The molecule has 1 fully saturated rings. The van der Waals surface area contributed by atoms with Crippen LogP contribution < -0.4 is 16.1 Å². The maximum absolute atomic E-state index is 12.8. The van der Waals surface area contributed by atoms with Gasteiger partial charge in [0.2, 0.25) is 5.91 Å². The van der Waals surface area contributed by atoms with Gasteiger partial charge in [-0.3, -0.25) is 19.6 Å². The van der Waals surface area contributed by atoms with E-state index in [4.69, 9.17) is 5.21 Å². The summed E-state index contributed by atoms with van der Waals surface area (Å²) >= 11 is 0. The largest absolute Gasteiger partial charge is 0.391 e. The number of carbonyl (C=O) groups is 3. The van der Waals surface area contributed by atoms with E-state index >= 15 is 0 Å². The molecule has 0 heterocycles. The van der Waals surface area contributed by atoms with Gasteiger partial charge in [0.1, 0.15) is 6.04 Å². The smallest absolute Gasteiger partial charge is 0.391 e. The molecule has 37 heavy (non-hydrogen) atoms. The van der Waals surface area contributed by atoms with E-state index in [2.05, 4.69) is 10.6 Å². The fraction of sp³-hybridized carbons (Fsp3) is 0.423. The van der Waals surface area contributed by atoms with Gasteiger partial charge in [0.25, 0.3) is 11.8 Å². The summed E-state index contributed by atoms with van der Waals surface area (Å²) in [7, 11) is 0. The maximum atomic E-state index is 12.8. The van der Waals surface area contributed by atoms with Gasteiger partial charge >= 0.3 is 6.18 Å². The fourth-order valence-corrected chi connectivity index (χ4v) is 4.43. The number of hydrogen-bond acceptors (Lipinski definition) is 5. The van der Waals surface area contributed by atoms with Crippen molar-refractivity contribution >= 4 is 23.4 Å². The van der Waals surface area contributed by atoms with E-state index < -0.39 is 36.1 Å². The molecule has 1 saturated carbocycles. The van der Waals surface area contributed by atoms with Crippen LogP contribution in [-0.4, -0.2) is 46.4 Å². The molecule has 11 heteroatoms. The van der Waals surface area contributed by atoms with Crippen LogP contribution in [0.25, 0.3) is 11.1 Å². The van der Waals surface area contributed by atoms with E-state index in [9.17, 15) is 32.7 Å². The lowest BCUT2D eigenvalue weighted by molar-refractivity contribution is -0.184. The number of aliphatic hydroxyl groups excluding tert-OH is 1. The molecule has 0 unspecified atom stereocenters. The predicted molar refractivity (Wildman–Crippen MR) is 129 cm³/mol. The Balaban J connectivity index is 1.53. The van der Waals surface area contributed by atoms with Gasteiger partial charge in [-0.1, -0.05) is 24.3 Å². The number of carbonyl (C=O) groups excluding carboxylic acids is 3. The SMILES string of the molecule is C[C@@H](O)[C@H](NC(=O)c1ccc(-c2ccc(NC(=O)CC3CCC(C(F)(F)F)CC3)cc2)cc1)C(=O)NO. The van der Waals surface area contributed by atoms with Gasteiger partial charge in [-0.05, 0) is 73.9 Å². The summed E-state index contributed by atoms with van der Waals surface area (Å²) in [5.74, 6) is -3.10. The zero-order valence-corrected chi connectivity index (χ0v) is 20.2. The highest BCUT2D eigenvalue weighted by Gasteiger charge is 2.41. The molecule has 8 nitrogen and oxygen atoms in total. The van der Waals surface area contributed by atoms with Crippen molar-refractivity contribution in [3.63, 3.8) is 0 Å². The third-order valence-electron chi connectivity index (χ3n) is 6.59. The van der Waals surface area contributed by atoms with Crippen LogP contribution in [0.3, 0.4) is 0 Å². The first-order valence-electron chi connectivity index (χ1n) is 12.0. The molecule has 0 bridgehead atoms. The standard InChI is InChI=1S/C26H30F3N3O5/c1-15(33)23(25(36)32-37)31-24(35)19-6-4-17(5-7-19)18-8-12-21(13-9-18)30-22(34)14-16-2-10-20(11-3-16)26(27,28)29/h4-9,12-13,15-16,20,23,33,37H,2-3,10-11,14H2,1H3,(H,30,34)(H,31,35)(H,32,36)/t15-,16?,20?,23+/m1/s1. The van der Waals surface area contributed by atoms with Crippen molar-refractivity contribution in [2.45, 2.75) is 57.3 Å². The van der Waals surface area contributed by atoms with Gasteiger partial charge in [0.05, 0.1) is 12.0 Å². The zero-order valence-electron chi connectivity index (χ0n) is 20.2. The zero-order chi connectivity index (χ0) is 27.2. The lowest BCUT2D eigenvalue weighted by atomic mass is 9.80. The molecule has 3 amide bonds. The minimum atomic E-state index is -4.16. The number of halogens is 3. The quantitative estimate of drug-likeness (QED) is 0.265. The fourth-order valence-electron chi connectivity index (χ4n) is 4.43. The first-order chi connectivity index (χ1) is 17.5. The molecule has 0 aliphatic heterocycles. The molecule has 1 aliphatic carbocycles. The maximum Gasteiger partial charge on any atom is 0.391 e. The molecule has 2 atom stereocenters. The van der Waals surface area contributed by atoms with Gasteiger partial charge in [-0.2, -0.15) is 13.2 Å². The highest BCUT2D eigenvalue weighted by molar-refractivity contribution is 5.98. The Kier molecular flexibility index (Phi) is 9.28. The Morgan fingerprint density at radius 1 is 0.946 bits per heavy atom. The Hall–Kier alpha value is -3.44. The minimum Gasteiger partial charge on any atom is -0.391 e. The first kappa shape index (κ1) is 28.1. The van der Waals surface area contributed by atoms with E-state index in [0.717, 1.165) is 11.1 Å². The molecular formula is C26H30F3N3O5. The van der Waals surface area contributed by atoms with Crippen LogP contribution in [-0.2, 0) is 9.59 Å². The molecule has 0 spiro atoms. The Morgan fingerprint density at radius 3 is 1.97 bits per heavy atom. The van der Waals surface area contributed by atoms with Gasteiger partial charge in [0.15, 0.2) is 0 Å². The topological polar surface area (TPSA) is 128 Å². The predicted octanol–water partition coefficient (Wildman–Crippen LogP) is 4.04. The molecule has 1 aliphatic rings. The number of aliphatic hydroxyl groups is 1. The van der Waals surface area contributed by atoms with Crippen molar-refractivity contribution in [2.75, 3.05) is 5.32 Å². The molecular weight excluding hydrogens is 491 g/mol. The van der Waals surface area contributed by atoms with Crippen molar-refractivity contribution in [1.29, 1.82) is 0 Å². The van der Waals surface area contributed by atoms with Crippen LogP contribution >= 0.6 is 0 Å². The van der Waals surface area contributed by atoms with Crippen LogP contribution in [0, 0.1) is 11.8 Å². The molecule has 2 aromatic rings. The van der Waals surface area contributed by atoms with Crippen LogP contribution in [0.2, 0.25) is 0 Å². The van der Waals surface area contributed by atoms with Crippen LogP contribution in [0.1, 0.15) is 49.4 Å². The van der Waals surface area contributed by atoms with Crippen molar-refractivity contribution < 1.29 is 37.9 Å². The second kappa shape index (κ2) is 12.2. The third-order valence-corrected chi connectivity index (χ3v) is 6.59. The third kappa shape index (κ3) is 7.77. The molecule has 200 valence electrons. The molecule has 5 N–H and O–H groups in total. The second-order valence-electron chi connectivity index (χ2n) is 9.33. The van der Waals surface area contributed by atoms with Crippen LogP contribution in [0.15, 0.2) is 48.5 Å². The number of anilines is 1. The van der Waals surface area contributed by atoms with Gasteiger partial charge in [-0.15, -0.1) is 0 Å². The molecule has 0 aromatic heterocycles.